The van der Waals surface area contributed by atoms with Gasteiger partial charge in [-0.05, 0) is 38.7 Å². The second-order valence-electron chi connectivity index (χ2n) is 3.65. The maximum absolute atomic E-state index is 8.92. The summed E-state index contributed by atoms with van der Waals surface area (Å²) in [6.45, 7) is 3.77. The molecule has 1 aliphatic rings. The average Bonchev–Trinajstić information content (AvgIpc) is 1.94. The van der Waals surface area contributed by atoms with Gasteiger partial charge in [-0.1, -0.05) is 11.6 Å². The molecule has 2 heteroatoms. The van der Waals surface area contributed by atoms with E-state index in [0.717, 1.165) is 12.8 Å². The zero-order valence-electron chi connectivity index (χ0n) is 7.75. The van der Waals surface area contributed by atoms with Crippen LogP contribution >= 0.6 is 0 Å². The monoisotopic (exact) mass is 167 g/mol. The van der Waals surface area contributed by atoms with Crippen LogP contribution in [0.1, 0.15) is 26.7 Å². The number of allylic oxidation sites excluding steroid dienone is 4. The lowest BCUT2D eigenvalue weighted by atomic mass is 9.76. The molecule has 68 valence electrons. The zero-order valence-corrected chi connectivity index (χ0v) is 7.75. The molecule has 0 aromatic heterocycles. The molecule has 0 aromatic rings. The molecule has 1 aliphatic carbocycles. The van der Waals surface area contributed by atoms with Crippen LogP contribution in [0.5, 0.6) is 0 Å². The van der Waals surface area contributed by atoms with Crippen molar-refractivity contribution in [1.82, 2.24) is 0 Å². The molecule has 0 radical (unpaired) electrons. The molecule has 0 bridgehead atoms. The Morgan fingerprint density at radius 2 is 1.92 bits per heavy atom. The largest absolute Gasteiger partial charge is 0.513 e. The molecule has 2 nitrogen and oxygen atoms in total. The quantitative estimate of drug-likeness (QED) is 0.489. The van der Waals surface area contributed by atoms with E-state index in [0.29, 0.717) is 17.7 Å². The Hall–Kier alpha value is -0.760. The molecular weight excluding hydrogens is 150 g/mol. The first kappa shape index (κ1) is 9.33. The highest BCUT2D eigenvalue weighted by Crippen LogP contribution is 2.31. The number of hydrogen-bond acceptors (Lipinski definition) is 2. The molecule has 0 saturated heterocycles. The number of rotatable bonds is 2. The van der Waals surface area contributed by atoms with Crippen molar-refractivity contribution in [3.63, 3.8) is 0 Å². The third-order valence-electron chi connectivity index (χ3n) is 2.41. The summed E-state index contributed by atoms with van der Waals surface area (Å²) in [4.78, 5) is 0. The highest BCUT2D eigenvalue weighted by Gasteiger charge is 2.26. The maximum Gasteiger partial charge on any atom is 0.0891 e. The van der Waals surface area contributed by atoms with E-state index >= 15 is 0 Å². The van der Waals surface area contributed by atoms with Crippen molar-refractivity contribution in [1.29, 1.82) is 0 Å². The minimum Gasteiger partial charge on any atom is -0.513 e. The molecule has 3 N–H and O–H groups in total. The number of nitrogens with two attached hydrogens (primary N) is 1. The van der Waals surface area contributed by atoms with Crippen LogP contribution in [-0.4, -0.2) is 11.1 Å². The van der Waals surface area contributed by atoms with Crippen molar-refractivity contribution < 1.29 is 5.11 Å². The van der Waals surface area contributed by atoms with Gasteiger partial charge in [-0.2, -0.15) is 0 Å². The van der Waals surface area contributed by atoms with Crippen LogP contribution in [0.25, 0.3) is 0 Å². The Morgan fingerprint density at radius 3 is 2.33 bits per heavy atom. The molecule has 1 fully saturated rings. The summed E-state index contributed by atoms with van der Waals surface area (Å²) in [5, 5.41) is 8.92. The van der Waals surface area contributed by atoms with Gasteiger partial charge in [-0.25, -0.2) is 0 Å². The van der Waals surface area contributed by atoms with E-state index in [1.807, 2.05) is 6.08 Å². The third kappa shape index (κ3) is 2.38. The maximum atomic E-state index is 8.92. The summed E-state index contributed by atoms with van der Waals surface area (Å²) in [7, 11) is 0. The van der Waals surface area contributed by atoms with Crippen molar-refractivity contribution >= 4 is 0 Å². The normalized spacial score (nSPS) is 31.6. The summed E-state index contributed by atoms with van der Waals surface area (Å²) >= 11 is 0. The number of aliphatic hydroxyl groups excluding tert-OH is 1. The molecule has 0 spiro atoms. The highest BCUT2D eigenvalue weighted by atomic mass is 16.3. The van der Waals surface area contributed by atoms with Gasteiger partial charge < -0.3 is 10.8 Å². The Kier molecular flexibility index (Phi) is 2.93. The van der Waals surface area contributed by atoms with Crippen molar-refractivity contribution in [3.8, 4) is 0 Å². The standard InChI is InChI=1S/C10H17NO/c1-7(3-4-8(2)12)9-5-10(11)6-9/h3-4,9-10,12H,5-6,11H2,1-2H3/b7-3+,8-4+. The zero-order chi connectivity index (χ0) is 9.14. The van der Waals surface area contributed by atoms with Crippen molar-refractivity contribution in [2.75, 3.05) is 0 Å². The lowest BCUT2D eigenvalue weighted by Crippen LogP contribution is -2.36. The van der Waals surface area contributed by atoms with Crippen LogP contribution in [0.15, 0.2) is 23.5 Å². The van der Waals surface area contributed by atoms with Gasteiger partial charge >= 0.3 is 0 Å². The van der Waals surface area contributed by atoms with E-state index in [2.05, 4.69) is 6.92 Å². The Morgan fingerprint density at radius 1 is 1.33 bits per heavy atom. The molecular formula is C10H17NO. The summed E-state index contributed by atoms with van der Waals surface area (Å²) in [6, 6.07) is 0.401. The molecule has 0 aliphatic heterocycles. The fourth-order valence-electron chi connectivity index (χ4n) is 1.42. The van der Waals surface area contributed by atoms with Crippen LogP contribution in [-0.2, 0) is 0 Å². The fraction of sp³-hybridized carbons (Fsp3) is 0.600. The molecule has 0 atom stereocenters. The van der Waals surface area contributed by atoms with Gasteiger partial charge in [0.05, 0.1) is 5.76 Å². The molecule has 1 saturated carbocycles. The minimum absolute atomic E-state index is 0.359. The average molecular weight is 167 g/mol. The van der Waals surface area contributed by atoms with Gasteiger partial charge in [0.15, 0.2) is 0 Å². The summed E-state index contributed by atoms with van der Waals surface area (Å²) in [5.74, 6) is 1.01. The molecule has 0 unspecified atom stereocenters. The minimum atomic E-state index is 0.359. The fourth-order valence-corrected chi connectivity index (χ4v) is 1.42. The smallest absolute Gasteiger partial charge is 0.0891 e. The summed E-state index contributed by atoms with van der Waals surface area (Å²) in [6.07, 6.45) is 5.91. The summed E-state index contributed by atoms with van der Waals surface area (Å²) in [5.41, 5.74) is 6.99. The Balaban J connectivity index is 2.42. The molecule has 0 amide bonds. The highest BCUT2D eigenvalue weighted by molar-refractivity contribution is 5.17. The van der Waals surface area contributed by atoms with Gasteiger partial charge in [0.2, 0.25) is 0 Å². The summed E-state index contributed by atoms with van der Waals surface area (Å²) < 4.78 is 0. The van der Waals surface area contributed by atoms with Crippen molar-refractivity contribution in [2.24, 2.45) is 11.7 Å². The van der Waals surface area contributed by atoms with E-state index in [1.54, 1.807) is 13.0 Å². The van der Waals surface area contributed by atoms with E-state index in [1.165, 1.54) is 5.57 Å². The van der Waals surface area contributed by atoms with Gasteiger partial charge in [-0.3, -0.25) is 0 Å². The molecule has 1 rings (SSSR count). The van der Waals surface area contributed by atoms with E-state index in [9.17, 15) is 0 Å². The van der Waals surface area contributed by atoms with Crippen LogP contribution in [0, 0.1) is 5.92 Å². The van der Waals surface area contributed by atoms with Crippen LogP contribution in [0.3, 0.4) is 0 Å². The number of hydrogen-bond donors (Lipinski definition) is 2. The van der Waals surface area contributed by atoms with E-state index in [4.69, 9.17) is 10.8 Å². The Bertz CT molecular complexity index is 208. The molecule has 0 aromatic carbocycles. The first-order valence-corrected chi connectivity index (χ1v) is 4.39. The topological polar surface area (TPSA) is 46.2 Å². The molecule has 0 heterocycles. The van der Waals surface area contributed by atoms with Gasteiger partial charge in [0.25, 0.3) is 0 Å². The predicted molar refractivity (Wildman–Crippen MR) is 50.8 cm³/mol. The first-order valence-electron chi connectivity index (χ1n) is 4.39. The van der Waals surface area contributed by atoms with Gasteiger partial charge in [0, 0.05) is 6.04 Å². The van der Waals surface area contributed by atoms with Crippen LogP contribution in [0.4, 0.5) is 0 Å². The van der Waals surface area contributed by atoms with Crippen molar-refractivity contribution in [3.05, 3.63) is 23.5 Å². The first-order chi connectivity index (χ1) is 5.59. The third-order valence-corrected chi connectivity index (χ3v) is 2.41. The lowest BCUT2D eigenvalue weighted by Gasteiger charge is -2.33. The van der Waals surface area contributed by atoms with Crippen LogP contribution < -0.4 is 5.73 Å². The lowest BCUT2D eigenvalue weighted by molar-refractivity contribution is 0.308. The second kappa shape index (κ2) is 3.76. The second-order valence-corrected chi connectivity index (χ2v) is 3.65. The van der Waals surface area contributed by atoms with Gasteiger partial charge in [0.1, 0.15) is 0 Å². The number of aliphatic hydroxyl groups is 1. The van der Waals surface area contributed by atoms with Gasteiger partial charge in [-0.15, -0.1) is 0 Å². The van der Waals surface area contributed by atoms with E-state index < -0.39 is 0 Å². The van der Waals surface area contributed by atoms with Crippen LogP contribution in [0.2, 0.25) is 0 Å². The molecule has 12 heavy (non-hydrogen) atoms. The van der Waals surface area contributed by atoms with E-state index in [-0.39, 0.29) is 0 Å². The Labute approximate surface area is 73.8 Å². The van der Waals surface area contributed by atoms with Crippen molar-refractivity contribution in [2.45, 2.75) is 32.7 Å². The SMILES string of the molecule is C/C(O)=C\C=C(/C)C1CC(N)C1. The predicted octanol–water partition coefficient (Wildman–Crippen LogP) is 2.13.